The predicted octanol–water partition coefficient (Wildman–Crippen LogP) is 3.16. The van der Waals surface area contributed by atoms with Crippen LogP contribution in [0.3, 0.4) is 0 Å². The highest BCUT2D eigenvalue weighted by Gasteiger charge is 2.27. The van der Waals surface area contributed by atoms with Crippen LogP contribution in [0.4, 0.5) is 0 Å². The second-order valence-corrected chi connectivity index (χ2v) is 6.72. The summed E-state index contributed by atoms with van der Waals surface area (Å²) < 4.78 is 4.73. The Morgan fingerprint density at radius 1 is 1.04 bits per heavy atom. The van der Waals surface area contributed by atoms with E-state index in [1.54, 1.807) is 23.1 Å². The third-order valence-corrected chi connectivity index (χ3v) is 4.63. The van der Waals surface area contributed by atoms with Crippen molar-refractivity contribution < 1.29 is 24.5 Å². The molecule has 0 spiro atoms. The van der Waals surface area contributed by atoms with Crippen LogP contribution in [0.1, 0.15) is 57.2 Å². The van der Waals surface area contributed by atoms with Gasteiger partial charge in [0.05, 0.1) is 18.2 Å². The number of rotatable bonds is 3. The number of carbonyl (C=O) groups is 2. The summed E-state index contributed by atoms with van der Waals surface area (Å²) in [7, 11) is 1.32. The van der Waals surface area contributed by atoms with Gasteiger partial charge in [0.25, 0.3) is 5.91 Å². The van der Waals surface area contributed by atoms with Crippen molar-refractivity contribution in [2.75, 3.05) is 7.11 Å². The molecule has 0 unspecified atom stereocenters. The molecule has 3 rings (SSSR count). The summed E-state index contributed by atoms with van der Waals surface area (Å²) in [5.74, 6) is -0.999. The molecular weight excluding hydrogens is 334 g/mol. The SMILES string of the molecule is COC(=O)c1ccc2c(c1)CN(C(=O)c1cc(C(C)C)c(O)cc1O)C2. The first-order valence-electron chi connectivity index (χ1n) is 8.37. The molecule has 2 aromatic rings. The average molecular weight is 355 g/mol. The molecule has 0 aliphatic carbocycles. The molecule has 0 radical (unpaired) electrons. The number of benzene rings is 2. The minimum absolute atomic E-state index is 0.0144. The molecule has 2 N–H and O–H groups in total. The summed E-state index contributed by atoms with van der Waals surface area (Å²) in [6.07, 6.45) is 0. The molecule has 0 fully saturated rings. The van der Waals surface area contributed by atoms with Gasteiger partial charge in [-0.05, 0) is 40.8 Å². The molecule has 0 bridgehead atoms. The van der Waals surface area contributed by atoms with E-state index < -0.39 is 5.97 Å². The highest BCUT2D eigenvalue weighted by Crippen LogP contribution is 2.34. The van der Waals surface area contributed by atoms with E-state index in [0.29, 0.717) is 24.2 Å². The molecule has 0 saturated heterocycles. The zero-order valence-corrected chi connectivity index (χ0v) is 14.9. The van der Waals surface area contributed by atoms with Gasteiger partial charge in [0.2, 0.25) is 0 Å². The number of amides is 1. The summed E-state index contributed by atoms with van der Waals surface area (Å²) >= 11 is 0. The van der Waals surface area contributed by atoms with Gasteiger partial charge in [0.1, 0.15) is 11.5 Å². The van der Waals surface area contributed by atoms with Crippen LogP contribution in [-0.4, -0.2) is 34.1 Å². The Balaban J connectivity index is 1.88. The third kappa shape index (κ3) is 3.10. The molecule has 136 valence electrons. The number of fused-ring (bicyclic) bond motifs is 1. The maximum Gasteiger partial charge on any atom is 0.337 e. The maximum absolute atomic E-state index is 12.9. The van der Waals surface area contributed by atoms with Gasteiger partial charge in [-0.1, -0.05) is 19.9 Å². The summed E-state index contributed by atoms with van der Waals surface area (Å²) in [5, 5.41) is 20.1. The predicted molar refractivity (Wildman–Crippen MR) is 95.2 cm³/mol. The quantitative estimate of drug-likeness (QED) is 0.826. The van der Waals surface area contributed by atoms with Gasteiger partial charge < -0.3 is 19.8 Å². The Labute approximate surface area is 151 Å². The number of esters is 1. The number of hydrogen-bond donors (Lipinski definition) is 2. The largest absolute Gasteiger partial charge is 0.508 e. The van der Waals surface area contributed by atoms with Gasteiger partial charge >= 0.3 is 5.97 Å². The monoisotopic (exact) mass is 355 g/mol. The topological polar surface area (TPSA) is 87.1 Å². The van der Waals surface area contributed by atoms with Crippen molar-refractivity contribution in [1.29, 1.82) is 0 Å². The minimum atomic E-state index is -0.421. The molecular formula is C20H21NO5. The van der Waals surface area contributed by atoms with Gasteiger partial charge in [0.15, 0.2) is 0 Å². The fraction of sp³-hybridized carbons (Fsp3) is 0.300. The average Bonchev–Trinajstić information content (AvgIpc) is 3.03. The van der Waals surface area contributed by atoms with Crippen LogP contribution in [-0.2, 0) is 17.8 Å². The van der Waals surface area contributed by atoms with Crippen molar-refractivity contribution in [1.82, 2.24) is 4.90 Å². The Kier molecular flexibility index (Phi) is 4.59. The fourth-order valence-electron chi connectivity index (χ4n) is 3.18. The third-order valence-electron chi connectivity index (χ3n) is 4.63. The molecule has 6 nitrogen and oxygen atoms in total. The van der Waals surface area contributed by atoms with Crippen molar-refractivity contribution in [3.63, 3.8) is 0 Å². The van der Waals surface area contributed by atoms with Crippen LogP contribution in [0, 0.1) is 0 Å². The first kappa shape index (κ1) is 17.8. The van der Waals surface area contributed by atoms with Crippen LogP contribution < -0.4 is 0 Å². The van der Waals surface area contributed by atoms with Crippen molar-refractivity contribution >= 4 is 11.9 Å². The lowest BCUT2D eigenvalue weighted by molar-refractivity contribution is 0.0600. The van der Waals surface area contributed by atoms with Crippen LogP contribution in [0.5, 0.6) is 11.5 Å². The second kappa shape index (κ2) is 6.71. The van der Waals surface area contributed by atoms with E-state index in [9.17, 15) is 19.8 Å². The molecule has 1 heterocycles. The standard InChI is InChI=1S/C20H21NO5/c1-11(2)15-7-16(18(23)8-17(15)22)19(24)21-9-13-5-4-12(20(25)26-3)6-14(13)10-21/h4-8,11,22-23H,9-10H2,1-3H3. The molecule has 1 amide bonds. The number of ether oxygens (including phenoxy) is 1. The lowest BCUT2D eigenvalue weighted by Crippen LogP contribution is -2.25. The van der Waals surface area contributed by atoms with Crippen LogP contribution >= 0.6 is 0 Å². The van der Waals surface area contributed by atoms with Gasteiger partial charge in [-0.3, -0.25) is 4.79 Å². The highest BCUT2D eigenvalue weighted by atomic mass is 16.5. The molecule has 6 heteroatoms. The Bertz CT molecular complexity index is 888. The zero-order chi connectivity index (χ0) is 19.0. The normalized spacial score (nSPS) is 13.0. The number of methoxy groups -OCH3 is 1. The zero-order valence-electron chi connectivity index (χ0n) is 14.9. The fourth-order valence-corrected chi connectivity index (χ4v) is 3.18. The van der Waals surface area contributed by atoms with Gasteiger partial charge in [-0.2, -0.15) is 0 Å². The van der Waals surface area contributed by atoms with E-state index in [2.05, 4.69) is 0 Å². The number of nitrogens with zero attached hydrogens (tertiary/aromatic N) is 1. The van der Waals surface area contributed by atoms with Crippen molar-refractivity contribution in [2.45, 2.75) is 32.9 Å². The molecule has 26 heavy (non-hydrogen) atoms. The van der Waals surface area contributed by atoms with Crippen LogP contribution in [0.15, 0.2) is 30.3 Å². The molecule has 2 aromatic carbocycles. The van der Waals surface area contributed by atoms with Gasteiger partial charge in [-0.25, -0.2) is 4.79 Å². The Hall–Kier alpha value is -3.02. The van der Waals surface area contributed by atoms with Crippen molar-refractivity contribution in [3.8, 4) is 11.5 Å². The summed E-state index contributed by atoms with van der Waals surface area (Å²) in [5.41, 5.74) is 3.04. The van der Waals surface area contributed by atoms with Gasteiger partial charge in [0, 0.05) is 19.2 Å². The van der Waals surface area contributed by atoms with E-state index in [0.717, 1.165) is 11.1 Å². The van der Waals surface area contributed by atoms with E-state index in [4.69, 9.17) is 4.74 Å². The lowest BCUT2D eigenvalue weighted by Gasteiger charge is -2.18. The van der Waals surface area contributed by atoms with Gasteiger partial charge in [-0.15, -0.1) is 0 Å². The summed E-state index contributed by atoms with van der Waals surface area (Å²) in [4.78, 5) is 26.2. The van der Waals surface area contributed by atoms with Crippen molar-refractivity contribution in [2.24, 2.45) is 0 Å². The first-order chi connectivity index (χ1) is 12.3. The first-order valence-corrected chi connectivity index (χ1v) is 8.37. The molecule has 1 aliphatic heterocycles. The number of hydrogen-bond acceptors (Lipinski definition) is 5. The van der Waals surface area contributed by atoms with Crippen LogP contribution in [0.25, 0.3) is 0 Å². The summed E-state index contributed by atoms with van der Waals surface area (Å²) in [6.45, 7) is 4.55. The molecule has 0 saturated carbocycles. The van der Waals surface area contributed by atoms with E-state index in [1.807, 2.05) is 19.9 Å². The highest BCUT2D eigenvalue weighted by molar-refractivity contribution is 5.98. The lowest BCUT2D eigenvalue weighted by atomic mass is 9.98. The Morgan fingerprint density at radius 3 is 2.38 bits per heavy atom. The number of aromatic hydroxyl groups is 2. The van der Waals surface area contributed by atoms with Crippen LogP contribution in [0.2, 0.25) is 0 Å². The molecule has 0 atom stereocenters. The van der Waals surface area contributed by atoms with E-state index in [1.165, 1.54) is 13.2 Å². The van der Waals surface area contributed by atoms with E-state index in [-0.39, 0.29) is 28.9 Å². The summed E-state index contributed by atoms with van der Waals surface area (Å²) in [6, 6.07) is 7.96. The van der Waals surface area contributed by atoms with E-state index >= 15 is 0 Å². The smallest absolute Gasteiger partial charge is 0.337 e. The minimum Gasteiger partial charge on any atom is -0.508 e. The molecule has 1 aliphatic rings. The number of phenols is 2. The molecule has 0 aromatic heterocycles. The number of phenolic OH excluding ortho intramolecular Hbond substituents is 2. The second-order valence-electron chi connectivity index (χ2n) is 6.72. The Morgan fingerprint density at radius 2 is 1.73 bits per heavy atom. The number of carbonyl (C=O) groups excluding carboxylic acids is 2. The van der Waals surface area contributed by atoms with Crippen molar-refractivity contribution in [3.05, 3.63) is 58.1 Å². The maximum atomic E-state index is 12.9.